The van der Waals surface area contributed by atoms with Gasteiger partial charge in [0.2, 0.25) is 0 Å². The Bertz CT molecular complexity index is 442. The monoisotopic (exact) mass is 412 g/mol. The van der Waals surface area contributed by atoms with Crippen molar-refractivity contribution in [1.82, 2.24) is 0 Å². The molecule has 0 saturated carbocycles. The van der Waals surface area contributed by atoms with Crippen LogP contribution >= 0.6 is 0 Å². The van der Waals surface area contributed by atoms with Crippen LogP contribution in [0.4, 0.5) is 0 Å². The first-order valence-corrected chi connectivity index (χ1v) is 10.1. The molecular formula is C20H37NaO7. The Labute approximate surface area is 190 Å². The van der Waals surface area contributed by atoms with Gasteiger partial charge in [-0.2, -0.15) is 0 Å². The summed E-state index contributed by atoms with van der Waals surface area (Å²) in [6.07, 6.45) is 12.3. The molecule has 0 aliphatic rings. The van der Waals surface area contributed by atoms with E-state index in [1.807, 2.05) is 0 Å². The average Bonchev–Trinajstić information content (AvgIpc) is 2.58. The van der Waals surface area contributed by atoms with Gasteiger partial charge in [0.25, 0.3) is 0 Å². The number of carboxylic acids is 2. The second-order valence-corrected chi connectivity index (χ2v) is 7.19. The van der Waals surface area contributed by atoms with Crippen LogP contribution in [0.2, 0.25) is 0 Å². The molecule has 0 aromatic carbocycles. The van der Waals surface area contributed by atoms with E-state index in [2.05, 4.69) is 6.92 Å². The van der Waals surface area contributed by atoms with E-state index in [0.29, 0.717) is 6.42 Å². The number of carbonyl (C=O) groups is 3. The van der Waals surface area contributed by atoms with Crippen LogP contribution in [0.25, 0.3) is 0 Å². The van der Waals surface area contributed by atoms with Crippen molar-refractivity contribution in [3.63, 3.8) is 0 Å². The zero-order chi connectivity index (χ0) is 20.5. The maximum absolute atomic E-state index is 11.6. The predicted octanol–water partition coefficient (Wildman–Crippen LogP) is 3.26. The molecule has 0 radical (unpaired) electrons. The van der Waals surface area contributed by atoms with Gasteiger partial charge in [0.05, 0.1) is 19.4 Å². The van der Waals surface area contributed by atoms with Gasteiger partial charge >= 0.3 is 47.5 Å². The van der Waals surface area contributed by atoms with Gasteiger partial charge in [0.15, 0.2) is 5.60 Å². The molecule has 0 heterocycles. The fourth-order valence-corrected chi connectivity index (χ4v) is 2.88. The van der Waals surface area contributed by atoms with Crippen LogP contribution < -0.4 is 0 Å². The summed E-state index contributed by atoms with van der Waals surface area (Å²) >= 11 is 0. The number of esters is 1. The fraction of sp³-hybridized carbons (Fsp3) is 0.850. The van der Waals surface area contributed by atoms with Gasteiger partial charge in [-0.15, -0.1) is 0 Å². The Hall–Kier alpha value is -0.630. The number of carbonyl (C=O) groups excluding carboxylic acids is 1. The first-order valence-electron chi connectivity index (χ1n) is 10.1. The van der Waals surface area contributed by atoms with Crippen LogP contribution in [-0.2, 0) is 19.1 Å². The van der Waals surface area contributed by atoms with Crippen molar-refractivity contribution >= 4 is 47.5 Å². The van der Waals surface area contributed by atoms with E-state index >= 15 is 0 Å². The van der Waals surface area contributed by atoms with Gasteiger partial charge in [-0.1, -0.05) is 77.6 Å². The molecule has 3 N–H and O–H groups in total. The number of hydrogen-bond acceptors (Lipinski definition) is 5. The SMILES string of the molecule is CCCCCCCCCCCCCCOC(=O)CC(O)(CC(=O)O)C(=O)O.[NaH]. The third-order valence-electron chi connectivity index (χ3n) is 4.54. The number of aliphatic hydroxyl groups is 1. The number of rotatable bonds is 18. The summed E-state index contributed by atoms with van der Waals surface area (Å²) in [5, 5.41) is 27.3. The van der Waals surface area contributed by atoms with Crippen molar-refractivity contribution in [2.45, 2.75) is 102 Å². The third-order valence-corrected chi connectivity index (χ3v) is 4.54. The van der Waals surface area contributed by atoms with E-state index in [4.69, 9.17) is 14.9 Å². The van der Waals surface area contributed by atoms with Crippen molar-refractivity contribution in [2.75, 3.05) is 6.61 Å². The standard InChI is InChI=1S/C20H36O7.Na.H/c1-2-3-4-5-6-7-8-9-10-11-12-13-14-27-18(23)16-20(26,19(24)25)15-17(21)22;;/h26H,2-16H2,1H3,(H,21,22)(H,24,25);;. The minimum absolute atomic E-state index is 0. The second kappa shape index (κ2) is 18.4. The van der Waals surface area contributed by atoms with Crippen LogP contribution in [-0.4, -0.2) is 75.0 Å². The Morgan fingerprint density at radius 1 is 0.750 bits per heavy atom. The molecule has 1 atom stereocenters. The van der Waals surface area contributed by atoms with Crippen LogP contribution in [0.15, 0.2) is 0 Å². The molecule has 0 aliphatic heterocycles. The van der Waals surface area contributed by atoms with E-state index in [1.54, 1.807) is 0 Å². The van der Waals surface area contributed by atoms with E-state index in [1.165, 1.54) is 51.4 Å². The van der Waals surface area contributed by atoms with Gasteiger partial charge in [0, 0.05) is 0 Å². The van der Waals surface area contributed by atoms with Gasteiger partial charge < -0.3 is 20.1 Å². The number of carboxylic acid groups (broad SMARTS) is 2. The summed E-state index contributed by atoms with van der Waals surface area (Å²) in [5.41, 5.74) is -2.63. The summed E-state index contributed by atoms with van der Waals surface area (Å²) in [5.74, 6) is -4.13. The topological polar surface area (TPSA) is 121 Å². The molecular weight excluding hydrogens is 375 g/mol. The molecule has 0 aromatic heterocycles. The van der Waals surface area contributed by atoms with Crippen LogP contribution in [0.3, 0.4) is 0 Å². The van der Waals surface area contributed by atoms with E-state index in [-0.39, 0.29) is 36.2 Å². The summed E-state index contributed by atoms with van der Waals surface area (Å²) in [6.45, 7) is 2.37. The van der Waals surface area contributed by atoms with Crippen molar-refractivity contribution in [2.24, 2.45) is 0 Å². The summed E-state index contributed by atoms with van der Waals surface area (Å²) in [7, 11) is 0. The average molecular weight is 412 g/mol. The quantitative estimate of drug-likeness (QED) is 0.179. The first kappa shape index (κ1) is 29.6. The maximum atomic E-state index is 11.6. The molecule has 28 heavy (non-hydrogen) atoms. The summed E-state index contributed by atoms with van der Waals surface area (Å²) in [4.78, 5) is 33.2. The van der Waals surface area contributed by atoms with Gasteiger partial charge in [-0.3, -0.25) is 9.59 Å². The van der Waals surface area contributed by atoms with Crippen molar-refractivity contribution in [3.8, 4) is 0 Å². The van der Waals surface area contributed by atoms with Gasteiger partial charge in [-0.25, -0.2) is 4.79 Å². The van der Waals surface area contributed by atoms with E-state index < -0.39 is 36.4 Å². The summed E-state index contributed by atoms with van der Waals surface area (Å²) in [6, 6.07) is 0. The Kier molecular flexibility index (Phi) is 19.4. The molecule has 0 fully saturated rings. The Balaban J connectivity index is 0. The van der Waals surface area contributed by atoms with Crippen LogP contribution in [0, 0.1) is 0 Å². The van der Waals surface area contributed by atoms with Crippen molar-refractivity contribution < 1.29 is 34.4 Å². The third kappa shape index (κ3) is 16.3. The Morgan fingerprint density at radius 2 is 1.18 bits per heavy atom. The number of hydrogen-bond donors (Lipinski definition) is 3. The minimum atomic E-state index is -2.63. The van der Waals surface area contributed by atoms with Crippen molar-refractivity contribution in [1.29, 1.82) is 0 Å². The molecule has 0 aromatic rings. The molecule has 0 bridgehead atoms. The molecule has 1 unspecified atom stereocenters. The molecule has 0 rings (SSSR count). The normalized spacial score (nSPS) is 12.6. The van der Waals surface area contributed by atoms with E-state index in [0.717, 1.165) is 19.3 Å². The molecule has 0 spiro atoms. The van der Waals surface area contributed by atoms with Crippen molar-refractivity contribution in [3.05, 3.63) is 0 Å². The summed E-state index contributed by atoms with van der Waals surface area (Å²) < 4.78 is 4.91. The van der Waals surface area contributed by atoms with Gasteiger partial charge in [0.1, 0.15) is 0 Å². The van der Waals surface area contributed by atoms with E-state index in [9.17, 15) is 19.5 Å². The molecule has 8 heteroatoms. The zero-order valence-corrected chi connectivity index (χ0v) is 16.6. The predicted molar refractivity (Wildman–Crippen MR) is 109 cm³/mol. The molecule has 0 saturated heterocycles. The Morgan fingerprint density at radius 3 is 1.57 bits per heavy atom. The number of unbranched alkanes of at least 4 members (excludes halogenated alkanes) is 11. The first-order chi connectivity index (χ1) is 12.8. The molecule has 0 amide bonds. The number of aliphatic carboxylic acids is 2. The molecule has 160 valence electrons. The molecule has 7 nitrogen and oxygen atoms in total. The second-order valence-electron chi connectivity index (χ2n) is 7.19. The molecule has 0 aliphatic carbocycles. The fourth-order valence-electron chi connectivity index (χ4n) is 2.88. The zero-order valence-electron chi connectivity index (χ0n) is 16.6. The van der Waals surface area contributed by atoms with Crippen LogP contribution in [0.1, 0.15) is 96.8 Å². The van der Waals surface area contributed by atoms with Crippen LogP contribution in [0.5, 0.6) is 0 Å². The number of ether oxygens (including phenoxy) is 1. The van der Waals surface area contributed by atoms with Gasteiger partial charge in [-0.05, 0) is 6.42 Å².